The molecule has 0 aromatic rings. The summed E-state index contributed by atoms with van der Waals surface area (Å²) in [6.45, 7) is 2.47. The zero-order valence-electron chi connectivity index (χ0n) is 7.75. The SMILES string of the molecule is CCNC(=O)C1CCS(=O)(=O)CC1. The summed E-state index contributed by atoms with van der Waals surface area (Å²) in [5.74, 6) is 0.227. The van der Waals surface area contributed by atoms with Gasteiger partial charge in [0.25, 0.3) is 0 Å². The Morgan fingerprint density at radius 3 is 2.38 bits per heavy atom. The van der Waals surface area contributed by atoms with Crippen LogP contribution in [-0.4, -0.2) is 32.4 Å². The lowest BCUT2D eigenvalue weighted by Gasteiger charge is -2.20. The minimum atomic E-state index is -2.84. The molecular formula is C8H15NO3S. The molecule has 1 N–H and O–H groups in total. The van der Waals surface area contributed by atoms with Gasteiger partial charge in [-0.25, -0.2) is 8.42 Å². The van der Waals surface area contributed by atoms with E-state index in [-0.39, 0.29) is 23.3 Å². The van der Waals surface area contributed by atoms with Gasteiger partial charge in [-0.15, -0.1) is 0 Å². The molecule has 0 aliphatic carbocycles. The zero-order chi connectivity index (χ0) is 9.90. The first kappa shape index (κ1) is 10.5. The molecule has 0 atom stereocenters. The molecule has 0 spiro atoms. The molecule has 1 amide bonds. The van der Waals surface area contributed by atoms with Crippen LogP contribution in [-0.2, 0) is 14.6 Å². The Labute approximate surface area is 78.6 Å². The molecule has 1 aliphatic rings. The minimum Gasteiger partial charge on any atom is -0.356 e. The van der Waals surface area contributed by atoms with Crippen LogP contribution in [0.4, 0.5) is 0 Å². The van der Waals surface area contributed by atoms with Crippen LogP contribution in [0.25, 0.3) is 0 Å². The van der Waals surface area contributed by atoms with Gasteiger partial charge in [0.1, 0.15) is 9.84 Å². The molecule has 0 unspecified atom stereocenters. The molecule has 1 aliphatic heterocycles. The average molecular weight is 205 g/mol. The normalized spacial score (nSPS) is 22.5. The summed E-state index contributed by atoms with van der Waals surface area (Å²) in [6, 6.07) is 0. The van der Waals surface area contributed by atoms with Gasteiger partial charge in [0.05, 0.1) is 11.5 Å². The Balaban J connectivity index is 2.45. The number of amides is 1. The molecule has 0 radical (unpaired) electrons. The molecule has 0 aromatic carbocycles. The van der Waals surface area contributed by atoms with Crippen molar-refractivity contribution in [3.05, 3.63) is 0 Å². The lowest BCUT2D eigenvalue weighted by Crippen LogP contribution is -2.36. The van der Waals surface area contributed by atoms with E-state index in [9.17, 15) is 13.2 Å². The first-order valence-electron chi connectivity index (χ1n) is 4.53. The summed E-state index contributed by atoms with van der Waals surface area (Å²) in [7, 11) is -2.84. The van der Waals surface area contributed by atoms with Crippen LogP contribution in [0.1, 0.15) is 19.8 Å². The largest absolute Gasteiger partial charge is 0.356 e. The van der Waals surface area contributed by atoms with Crippen LogP contribution in [0.15, 0.2) is 0 Å². The molecule has 0 saturated carbocycles. The monoisotopic (exact) mass is 205 g/mol. The van der Waals surface area contributed by atoms with Crippen molar-refractivity contribution >= 4 is 15.7 Å². The van der Waals surface area contributed by atoms with Crippen LogP contribution < -0.4 is 5.32 Å². The van der Waals surface area contributed by atoms with Gasteiger partial charge in [-0.2, -0.15) is 0 Å². The van der Waals surface area contributed by atoms with Gasteiger partial charge in [-0.1, -0.05) is 0 Å². The van der Waals surface area contributed by atoms with Gasteiger partial charge in [-0.3, -0.25) is 4.79 Å². The van der Waals surface area contributed by atoms with E-state index in [2.05, 4.69) is 5.32 Å². The maximum atomic E-state index is 11.3. The zero-order valence-corrected chi connectivity index (χ0v) is 8.56. The topological polar surface area (TPSA) is 63.2 Å². The molecule has 76 valence electrons. The molecule has 5 heteroatoms. The summed E-state index contributed by atoms with van der Waals surface area (Å²) >= 11 is 0. The van der Waals surface area contributed by atoms with Crippen LogP contribution >= 0.6 is 0 Å². The molecule has 4 nitrogen and oxygen atoms in total. The molecule has 13 heavy (non-hydrogen) atoms. The third-order valence-electron chi connectivity index (χ3n) is 2.28. The predicted molar refractivity (Wildman–Crippen MR) is 50.1 cm³/mol. The van der Waals surface area contributed by atoms with Crippen LogP contribution in [0.5, 0.6) is 0 Å². The van der Waals surface area contributed by atoms with Gasteiger partial charge in [0, 0.05) is 12.5 Å². The number of hydrogen-bond donors (Lipinski definition) is 1. The van der Waals surface area contributed by atoms with E-state index in [0.717, 1.165) is 0 Å². The number of hydrogen-bond acceptors (Lipinski definition) is 3. The Morgan fingerprint density at radius 2 is 1.92 bits per heavy atom. The number of rotatable bonds is 2. The third kappa shape index (κ3) is 2.99. The number of nitrogens with one attached hydrogen (secondary N) is 1. The number of sulfone groups is 1. The Morgan fingerprint density at radius 1 is 1.38 bits per heavy atom. The standard InChI is InChI=1S/C8H15NO3S/c1-2-9-8(10)7-3-5-13(11,12)6-4-7/h7H,2-6H2,1H3,(H,9,10). The highest BCUT2D eigenvalue weighted by atomic mass is 32.2. The lowest BCUT2D eigenvalue weighted by atomic mass is 10.0. The van der Waals surface area contributed by atoms with E-state index in [1.54, 1.807) is 0 Å². The molecule has 0 aromatic heterocycles. The summed E-state index contributed by atoms with van der Waals surface area (Å²) in [6.07, 6.45) is 0.961. The molecular weight excluding hydrogens is 190 g/mol. The van der Waals surface area contributed by atoms with Crippen molar-refractivity contribution in [2.45, 2.75) is 19.8 Å². The highest BCUT2D eigenvalue weighted by Gasteiger charge is 2.27. The van der Waals surface area contributed by atoms with Crippen molar-refractivity contribution in [3.63, 3.8) is 0 Å². The van der Waals surface area contributed by atoms with Gasteiger partial charge in [0.15, 0.2) is 0 Å². The molecule has 1 saturated heterocycles. The first-order chi connectivity index (χ1) is 6.05. The van der Waals surface area contributed by atoms with Crippen molar-refractivity contribution in [3.8, 4) is 0 Å². The second-order valence-electron chi connectivity index (χ2n) is 3.32. The van der Waals surface area contributed by atoms with Crippen molar-refractivity contribution in [1.29, 1.82) is 0 Å². The summed E-state index contributed by atoms with van der Waals surface area (Å²) in [4.78, 5) is 11.3. The van der Waals surface area contributed by atoms with Gasteiger partial charge < -0.3 is 5.32 Å². The van der Waals surface area contributed by atoms with Crippen molar-refractivity contribution in [1.82, 2.24) is 5.32 Å². The Kier molecular flexibility index (Phi) is 3.30. The molecule has 0 bridgehead atoms. The van der Waals surface area contributed by atoms with Crippen molar-refractivity contribution < 1.29 is 13.2 Å². The summed E-state index contributed by atoms with van der Waals surface area (Å²) in [5.41, 5.74) is 0. The number of carbonyl (C=O) groups is 1. The van der Waals surface area contributed by atoms with Crippen molar-refractivity contribution in [2.24, 2.45) is 5.92 Å². The maximum absolute atomic E-state index is 11.3. The number of carbonyl (C=O) groups excluding carboxylic acids is 1. The second-order valence-corrected chi connectivity index (χ2v) is 5.62. The maximum Gasteiger partial charge on any atom is 0.223 e. The quantitative estimate of drug-likeness (QED) is 0.687. The van der Waals surface area contributed by atoms with Gasteiger partial charge >= 0.3 is 0 Å². The van der Waals surface area contributed by atoms with Crippen LogP contribution in [0.2, 0.25) is 0 Å². The van der Waals surface area contributed by atoms with E-state index >= 15 is 0 Å². The van der Waals surface area contributed by atoms with E-state index < -0.39 is 9.84 Å². The van der Waals surface area contributed by atoms with Gasteiger partial charge in [0.2, 0.25) is 5.91 Å². The molecule has 1 rings (SSSR count). The fourth-order valence-electron chi connectivity index (χ4n) is 1.47. The highest BCUT2D eigenvalue weighted by molar-refractivity contribution is 7.91. The second kappa shape index (κ2) is 4.09. The van der Waals surface area contributed by atoms with E-state index in [0.29, 0.717) is 19.4 Å². The minimum absolute atomic E-state index is 0.00241. The lowest BCUT2D eigenvalue weighted by molar-refractivity contribution is -0.125. The van der Waals surface area contributed by atoms with E-state index in [4.69, 9.17) is 0 Å². The van der Waals surface area contributed by atoms with Gasteiger partial charge in [-0.05, 0) is 19.8 Å². The summed E-state index contributed by atoms with van der Waals surface area (Å²) < 4.78 is 22.1. The summed E-state index contributed by atoms with van der Waals surface area (Å²) in [5, 5.41) is 2.71. The van der Waals surface area contributed by atoms with Crippen LogP contribution in [0.3, 0.4) is 0 Å². The fourth-order valence-corrected chi connectivity index (χ4v) is 2.96. The third-order valence-corrected chi connectivity index (χ3v) is 3.99. The smallest absolute Gasteiger partial charge is 0.223 e. The highest BCUT2D eigenvalue weighted by Crippen LogP contribution is 2.18. The Bertz CT molecular complexity index is 270. The van der Waals surface area contributed by atoms with E-state index in [1.807, 2.05) is 6.92 Å². The molecule has 1 heterocycles. The van der Waals surface area contributed by atoms with Crippen molar-refractivity contribution in [2.75, 3.05) is 18.1 Å². The predicted octanol–water partition coefficient (Wildman–Crippen LogP) is -0.0527. The fraction of sp³-hybridized carbons (Fsp3) is 0.875. The first-order valence-corrected chi connectivity index (χ1v) is 6.35. The Hall–Kier alpha value is -0.580. The van der Waals surface area contributed by atoms with Crippen LogP contribution in [0, 0.1) is 5.92 Å². The van der Waals surface area contributed by atoms with E-state index in [1.165, 1.54) is 0 Å². The molecule has 1 fully saturated rings. The average Bonchev–Trinajstić information content (AvgIpc) is 2.04.